The number of ether oxygens (including phenoxy) is 1. The number of alkyl halides is 2. The van der Waals surface area contributed by atoms with Gasteiger partial charge < -0.3 is 10.5 Å². The molecule has 2 fully saturated rings. The molecule has 2 unspecified atom stereocenters. The van der Waals surface area contributed by atoms with Crippen molar-refractivity contribution in [3.63, 3.8) is 0 Å². The van der Waals surface area contributed by atoms with Crippen LogP contribution in [-0.4, -0.2) is 25.5 Å². The predicted molar refractivity (Wildman–Crippen MR) is 63.1 cm³/mol. The third-order valence-corrected chi connectivity index (χ3v) is 4.47. The first-order valence-electron chi connectivity index (χ1n) is 6.60. The molecule has 104 valence electrons. The second-order valence-corrected chi connectivity index (χ2v) is 5.80. The molecule has 2 rings (SSSR count). The first-order valence-corrected chi connectivity index (χ1v) is 6.60. The molecule has 0 heterocycles. The molecular weight excluding hydrogens is 240 g/mol. The monoisotopic (exact) mass is 261 g/mol. The largest absolute Gasteiger partial charge is 0.469 e. The lowest BCUT2D eigenvalue weighted by molar-refractivity contribution is -0.155. The van der Waals surface area contributed by atoms with E-state index >= 15 is 0 Å². The molecule has 0 spiro atoms. The normalized spacial score (nSPS) is 29.9. The number of carbonyl (C=O) groups excluding carboxylic acids is 1. The Morgan fingerprint density at radius 2 is 2.11 bits per heavy atom. The van der Waals surface area contributed by atoms with Gasteiger partial charge in [-0.25, -0.2) is 8.78 Å². The van der Waals surface area contributed by atoms with E-state index < -0.39 is 11.3 Å². The predicted octanol–water partition coefficient (Wildman–Crippen LogP) is 2.34. The van der Waals surface area contributed by atoms with Crippen LogP contribution >= 0.6 is 0 Å². The van der Waals surface area contributed by atoms with Crippen LogP contribution in [0.3, 0.4) is 0 Å². The third-order valence-electron chi connectivity index (χ3n) is 4.47. The summed E-state index contributed by atoms with van der Waals surface area (Å²) in [5.41, 5.74) is 5.06. The van der Waals surface area contributed by atoms with Gasteiger partial charge in [0.05, 0.1) is 12.5 Å². The van der Waals surface area contributed by atoms with Crippen LogP contribution in [0.2, 0.25) is 0 Å². The Bertz CT molecular complexity index is 331. The van der Waals surface area contributed by atoms with Gasteiger partial charge in [0, 0.05) is 19.4 Å². The molecule has 2 aliphatic carbocycles. The highest BCUT2D eigenvalue weighted by Gasteiger charge is 2.53. The maximum Gasteiger partial charge on any atom is 0.313 e. The molecule has 2 N–H and O–H groups in total. The lowest BCUT2D eigenvalue weighted by Gasteiger charge is -2.32. The summed E-state index contributed by atoms with van der Waals surface area (Å²) in [5.74, 6) is -2.76. The number of hydrogen-bond donors (Lipinski definition) is 1. The van der Waals surface area contributed by atoms with Crippen molar-refractivity contribution in [2.75, 3.05) is 13.7 Å². The van der Waals surface area contributed by atoms with Gasteiger partial charge in [-0.2, -0.15) is 0 Å². The topological polar surface area (TPSA) is 52.3 Å². The molecule has 0 saturated heterocycles. The van der Waals surface area contributed by atoms with Gasteiger partial charge in [0.25, 0.3) is 0 Å². The van der Waals surface area contributed by atoms with Crippen molar-refractivity contribution in [3.8, 4) is 0 Å². The van der Waals surface area contributed by atoms with Crippen molar-refractivity contribution < 1.29 is 18.3 Å². The van der Waals surface area contributed by atoms with E-state index in [1.807, 2.05) is 0 Å². The molecule has 5 heteroatoms. The van der Waals surface area contributed by atoms with Crippen molar-refractivity contribution in [3.05, 3.63) is 0 Å². The number of esters is 1. The number of methoxy groups -OCH3 is 1. The summed E-state index contributed by atoms with van der Waals surface area (Å²) in [6.45, 7) is 0.201. The zero-order valence-electron chi connectivity index (χ0n) is 10.8. The Morgan fingerprint density at radius 1 is 1.44 bits per heavy atom. The van der Waals surface area contributed by atoms with E-state index in [2.05, 4.69) is 0 Å². The summed E-state index contributed by atoms with van der Waals surface area (Å²) in [4.78, 5) is 12.0. The van der Waals surface area contributed by atoms with Gasteiger partial charge in [-0.15, -0.1) is 0 Å². The Balaban J connectivity index is 2.08. The molecule has 2 aliphatic rings. The SMILES string of the molecule is COC(=O)C(CN)(CC1CCC(F)(F)C1)C1CC1. The fourth-order valence-electron chi connectivity index (χ4n) is 3.32. The fourth-order valence-corrected chi connectivity index (χ4v) is 3.32. The first-order chi connectivity index (χ1) is 8.43. The zero-order chi connectivity index (χ0) is 13.4. The average molecular weight is 261 g/mol. The number of carbonyl (C=O) groups is 1. The minimum Gasteiger partial charge on any atom is -0.469 e. The molecular formula is C13H21F2NO2. The molecule has 0 aliphatic heterocycles. The van der Waals surface area contributed by atoms with Crippen LogP contribution in [0.1, 0.15) is 38.5 Å². The van der Waals surface area contributed by atoms with Crippen molar-refractivity contribution in [2.45, 2.75) is 44.4 Å². The second-order valence-electron chi connectivity index (χ2n) is 5.80. The van der Waals surface area contributed by atoms with Gasteiger partial charge >= 0.3 is 5.97 Å². The Labute approximate surface area is 106 Å². The summed E-state index contributed by atoms with van der Waals surface area (Å²) < 4.78 is 31.3. The standard InChI is InChI=1S/C13H21F2NO2/c1-18-11(17)12(8-16,10-2-3-10)6-9-4-5-13(14,15)7-9/h9-10H,2-8,16H2,1H3. The Hall–Kier alpha value is -0.710. The molecule has 2 saturated carbocycles. The Kier molecular flexibility index (Phi) is 3.63. The van der Waals surface area contributed by atoms with Crippen LogP contribution in [0.25, 0.3) is 0 Å². The maximum absolute atomic E-state index is 13.2. The van der Waals surface area contributed by atoms with Crippen LogP contribution in [0.15, 0.2) is 0 Å². The van der Waals surface area contributed by atoms with E-state index in [9.17, 15) is 13.6 Å². The smallest absolute Gasteiger partial charge is 0.313 e. The molecule has 0 aromatic rings. The summed E-state index contributed by atoms with van der Waals surface area (Å²) in [6.07, 6.45) is 2.67. The molecule has 0 radical (unpaired) electrons. The minimum atomic E-state index is -2.56. The molecule has 2 atom stereocenters. The van der Waals surface area contributed by atoms with E-state index in [0.29, 0.717) is 12.8 Å². The van der Waals surface area contributed by atoms with Crippen molar-refractivity contribution in [1.29, 1.82) is 0 Å². The molecule has 0 bridgehead atoms. The second kappa shape index (κ2) is 4.76. The zero-order valence-corrected chi connectivity index (χ0v) is 10.8. The maximum atomic E-state index is 13.2. The molecule has 0 aromatic carbocycles. The summed E-state index contributed by atoms with van der Waals surface area (Å²) in [7, 11) is 1.35. The van der Waals surface area contributed by atoms with Crippen LogP contribution in [0, 0.1) is 17.3 Å². The minimum absolute atomic E-state index is 0.0653. The first kappa shape index (κ1) is 13.7. The number of hydrogen-bond acceptors (Lipinski definition) is 3. The number of nitrogens with two attached hydrogens (primary N) is 1. The van der Waals surface area contributed by atoms with E-state index in [1.54, 1.807) is 0 Å². The highest BCUT2D eigenvalue weighted by Crippen LogP contribution is 2.52. The van der Waals surface area contributed by atoms with E-state index in [1.165, 1.54) is 7.11 Å². The number of rotatable bonds is 5. The van der Waals surface area contributed by atoms with Gasteiger partial charge in [0.1, 0.15) is 0 Å². The fraction of sp³-hybridized carbons (Fsp3) is 0.923. The van der Waals surface area contributed by atoms with Crippen LogP contribution in [0.5, 0.6) is 0 Å². The van der Waals surface area contributed by atoms with E-state index in [4.69, 9.17) is 10.5 Å². The average Bonchev–Trinajstić information content (AvgIpc) is 3.11. The van der Waals surface area contributed by atoms with Crippen molar-refractivity contribution in [1.82, 2.24) is 0 Å². The van der Waals surface area contributed by atoms with Crippen molar-refractivity contribution in [2.24, 2.45) is 23.0 Å². The number of halogens is 2. The van der Waals surface area contributed by atoms with Gasteiger partial charge in [-0.3, -0.25) is 4.79 Å². The Morgan fingerprint density at radius 3 is 2.50 bits per heavy atom. The molecule has 0 aromatic heterocycles. The highest BCUT2D eigenvalue weighted by atomic mass is 19.3. The molecule has 0 amide bonds. The third kappa shape index (κ3) is 2.51. The summed E-state index contributed by atoms with van der Waals surface area (Å²) in [5, 5.41) is 0. The van der Waals surface area contributed by atoms with Crippen molar-refractivity contribution >= 4 is 5.97 Å². The van der Waals surface area contributed by atoms with Crippen LogP contribution in [0.4, 0.5) is 8.78 Å². The summed E-state index contributed by atoms with van der Waals surface area (Å²) >= 11 is 0. The highest BCUT2D eigenvalue weighted by molar-refractivity contribution is 5.78. The van der Waals surface area contributed by atoms with E-state index in [-0.39, 0.29) is 37.2 Å². The van der Waals surface area contributed by atoms with Gasteiger partial charge in [0.15, 0.2) is 0 Å². The van der Waals surface area contributed by atoms with Gasteiger partial charge in [0.2, 0.25) is 5.92 Å². The van der Waals surface area contributed by atoms with Gasteiger partial charge in [-0.1, -0.05) is 0 Å². The molecule has 3 nitrogen and oxygen atoms in total. The quantitative estimate of drug-likeness (QED) is 0.773. The van der Waals surface area contributed by atoms with Crippen LogP contribution in [-0.2, 0) is 9.53 Å². The lowest BCUT2D eigenvalue weighted by Crippen LogP contribution is -2.43. The van der Waals surface area contributed by atoms with Gasteiger partial charge in [-0.05, 0) is 37.5 Å². The molecule has 18 heavy (non-hydrogen) atoms. The van der Waals surface area contributed by atoms with Crippen LogP contribution < -0.4 is 5.73 Å². The van der Waals surface area contributed by atoms with E-state index in [0.717, 1.165) is 12.8 Å². The lowest BCUT2D eigenvalue weighted by atomic mass is 9.74. The summed E-state index contributed by atoms with van der Waals surface area (Å²) in [6, 6.07) is 0.